The Hall–Kier alpha value is -2.48. The summed E-state index contributed by atoms with van der Waals surface area (Å²) in [6.45, 7) is 3.46. The lowest BCUT2D eigenvalue weighted by Gasteiger charge is -2.36. The van der Waals surface area contributed by atoms with Crippen LogP contribution in [0.3, 0.4) is 0 Å². The van der Waals surface area contributed by atoms with Gasteiger partial charge in [-0.15, -0.1) is 0 Å². The van der Waals surface area contributed by atoms with Crippen molar-refractivity contribution in [1.29, 1.82) is 0 Å². The molecular weight excluding hydrogens is 468 g/mol. The summed E-state index contributed by atoms with van der Waals surface area (Å²) < 4.78 is 10.2. The second-order valence-corrected chi connectivity index (χ2v) is 10.3. The predicted molar refractivity (Wildman–Crippen MR) is 139 cm³/mol. The van der Waals surface area contributed by atoms with E-state index in [9.17, 15) is 4.79 Å². The summed E-state index contributed by atoms with van der Waals surface area (Å²) in [5.41, 5.74) is 2.64. The average molecular weight is 497 g/mol. The summed E-state index contributed by atoms with van der Waals surface area (Å²) in [6.07, 6.45) is 6.22. The van der Waals surface area contributed by atoms with Crippen LogP contribution in [0.4, 0.5) is 5.69 Å². The van der Waals surface area contributed by atoms with Crippen LogP contribution in [0.25, 0.3) is 5.69 Å². The smallest absolute Gasteiger partial charge is 0.316 e. The highest BCUT2D eigenvalue weighted by atomic mass is 35.5. The molecule has 2 heterocycles. The van der Waals surface area contributed by atoms with E-state index in [1.807, 2.05) is 54.4 Å². The molecule has 34 heavy (non-hydrogen) atoms. The van der Waals surface area contributed by atoms with Crippen LogP contribution in [0.15, 0.2) is 65.6 Å². The Labute approximate surface area is 209 Å². The number of hydrogen-bond acceptors (Lipinski definition) is 6. The molecule has 5 rings (SSSR count). The molecule has 2 fully saturated rings. The number of piperazine rings is 1. The van der Waals surface area contributed by atoms with E-state index < -0.39 is 0 Å². The third-order valence-corrected chi connectivity index (χ3v) is 7.85. The normalized spacial score (nSPS) is 17.3. The molecule has 0 atom stereocenters. The maximum Gasteiger partial charge on any atom is 0.316 e. The quantitative estimate of drug-likeness (QED) is 0.420. The van der Waals surface area contributed by atoms with Crippen LogP contribution in [0.2, 0.25) is 5.02 Å². The minimum absolute atomic E-state index is 0.106. The van der Waals surface area contributed by atoms with Crippen LogP contribution in [0, 0.1) is 0 Å². The number of rotatable bonds is 7. The number of benzene rings is 2. The SMILES string of the molecule is O=c1c(OC2CCCC2)c(N2CCN(SCc3ccc(Cl)cc3)CC2)cnn1-c1ccccc1. The van der Waals surface area contributed by atoms with E-state index in [4.69, 9.17) is 16.3 Å². The minimum atomic E-state index is -0.185. The second kappa shape index (κ2) is 10.8. The fraction of sp³-hybridized carbons (Fsp3) is 0.385. The largest absolute Gasteiger partial charge is 0.483 e. The number of halogens is 1. The molecular formula is C26H29ClN4O2S. The van der Waals surface area contributed by atoms with Gasteiger partial charge in [0.1, 0.15) is 5.69 Å². The van der Waals surface area contributed by atoms with Gasteiger partial charge in [0.05, 0.1) is 18.0 Å². The third kappa shape index (κ3) is 5.43. The summed E-state index contributed by atoms with van der Waals surface area (Å²) in [7, 11) is 0. The molecule has 0 radical (unpaired) electrons. The number of para-hydroxylation sites is 1. The van der Waals surface area contributed by atoms with Gasteiger partial charge in [-0.1, -0.05) is 53.9 Å². The van der Waals surface area contributed by atoms with Crippen LogP contribution in [0.1, 0.15) is 31.2 Å². The van der Waals surface area contributed by atoms with E-state index in [0.29, 0.717) is 5.75 Å². The molecule has 1 aliphatic carbocycles. The van der Waals surface area contributed by atoms with Crippen molar-refractivity contribution in [3.8, 4) is 11.4 Å². The molecule has 178 valence electrons. The number of nitrogens with zero attached hydrogens (tertiary/aromatic N) is 4. The number of hydrogen-bond donors (Lipinski definition) is 0. The van der Waals surface area contributed by atoms with Gasteiger partial charge in [-0.05, 0) is 55.5 Å². The lowest BCUT2D eigenvalue weighted by molar-refractivity contribution is 0.205. The summed E-state index contributed by atoms with van der Waals surface area (Å²) in [6, 6.07) is 17.6. The molecule has 0 N–H and O–H groups in total. The van der Waals surface area contributed by atoms with Gasteiger partial charge in [0.2, 0.25) is 5.75 Å². The fourth-order valence-corrected chi connectivity index (χ4v) is 5.57. The van der Waals surface area contributed by atoms with Crippen molar-refractivity contribution < 1.29 is 4.74 Å². The highest BCUT2D eigenvalue weighted by molar-refractivity contribution is 7.96. The maximum atomic E-state index is 13.5. The first-order valence-electron chi connectivity index (χ1n) is 11.9. The Morgan fingerprint density at radius 3 is 2.38 bits per heavy atom. The Balaban J connectivity index is 1.31. The first-order chi connectivity index (χ1) is 16.7. The zero-order chi connectivity index (χ0) is 23.3. The fourth-order valence-electron chi connectivity index (χ4n) is 4.50. The number of aromatic nitrogens is 2. The van der Waals surface area contributed by atoms with E-state index in [1.54, 1.807) is 6.20 Å². The van der Waals surface area contributed by atoms with Gasteiger partial charge in [0, 0.05) is 37.0 Å². The maximum absolute atomic E-state index is 13.5. The van der Waals surface area contributed by atoms with Crippen LogP contribution in [0.5, 0.6) is 5.75 Å². The Kier molecular flexibility index (Phi) is 7.42. The minimum Gasteiger partial charge on any atom is -0.483 e. The molecule has 0 unspecified atom stereocenters. The monoisotopic (exact) mass is 496 g/mol. The average Bonchev–Trinajstić information content (AvgIpc) is 3.39. The molecule has 0 spiro atoms. The molecule has 1 aromatic heterocycles. The molecule has 0 bridgehead atoms. The molecule has 2 aliphatic rings. The highest BCUT2D eigenvalue weighted by Gasteiger charge is 2.26. The van der Waals surface area contributed by atoms with Crippen LogP contribution in [-0.4, -0.2) is 46.4 Å². The zero-order valence-electron chi connectivity index (χ0n) is 19.1. The molecule has 0 amide bonds. The first kappa shape index (κ1) is 23.3. The van der Waals surface area contributed by atoms with E-state index >= 15 is 0 Å². The molecule has 2 aromatic carbocycles. The topological polar surface area (TPSA) is 50.6 Å². The van der Waals surface area contributed by atoms with Crippen LogP contribution in [-0.2, 0) is 5.75 Å². The highest BCUT2D eigenvalue weighted by Crippen LogP contribution is 2.31. The Bertz CT molecular complexity index is 1140. The van der Waals surface area contributed by atoms with Gasteiger partial charge in [0.25, 0.3) is 0 Å². The van der Waals surface area contributed by atoms with Crippen molar-refractivity contribution in [3.63, 3.8) is 0 Å². The van der Waals surface area contributed by atoms with Gasteiger partial charge in [0.15, 0.2) is 0 Å². The van der Waals surface area contributed by atoms with E-state index in [0.717, 1.165) is 74.0 Å². The van der Waals surface area contributed by atoms with Crippen LogP contribution >= 0.6 is 23.5 Å². The van der Waals surface area contributed by atoms with Crippen molar-refractivity contribution in [2.24, 2.45) is 0 Å². The Morgan fingerprint density at radius 1 is 0.971 bits per heavy atom. The third-order valence-electron chi connectivity index (χ3n) is 6.41. The van der Waals surface area contributed by atoms with Crippen molar-refractivity contribution in [1.82, 2.24) is 14.1 Å². The summed E-state index contributed by atoms with van der Waals surface area (Å²) in [4.78, 5) is 15.7. The Morgan fingerprint density at radius 2 is 1.68 bits per heavy atom. The molecule has 3 aromatic rings. The van der Waals surface area contributed by atoms with Crippen LogP contribution < -0.4 is 15.2 Å². The van der Waals surface area contributed by atoms with Crippen molar-refractivity contribution in [2.45, 2.75) is 37.5 Å². The van der Waals surface area contributed by atoms with Gasteiger partial charge < -0.3 is 9.64 Å². The van der Waals surface area contributed by atoms with E-state index in [2.05, 4.69) is 26.4 Å². The predicted octanol–water partition coefficient (Wildman–Crippen LogP) is 5.18. The summed E-state index contributed by atoms with van der Waals surface area (Å²) in [5.74, 6) is 1.36. The molecule has 8 heteroatoms. The zero-order valence-corrected chi connectivity index (χ0v) is 20.7. The number of anilines is 1. The lowest BCUT2D eigenvalue weighted by Crippen LogP contribution is -2.44. The number of ether oxygens (including phenoxy) is 1. The molecule has 6 nitrogen and oxygen atoms in total. The van der Waals surface area contributed by atoms with Gasteiger partial charge in [-0.3, -0.25) is 4.79 Å². The summed E-state index contributed by atoms with van der Waals surface area (Å²) in [5, 5.41) is 5.28. The molecule has 1 saturated carbocycles. The van der Waals surface area contributed by atoms with Crippen molar-refractivity contribution >= 4 is 29.2 Å². The van der Waals surface area contributed by atoms with Gasteiger partial charge >= 0.3 is 5.56 Å². The van der Waals surface area contributed by atoms with Crippen molar-refractivity contribution in [3.05, 3.63) is 81.7 Å². The first-order valence-corrected chi connectivity index (χ1v) is 13.2. The summed E-state index contributed by atoms with van der Waals surface area (Å²) >= 11 is 7.83. The van der Waals surface area contributed by atoms with Gasteiger partial charge in [-0.25, -0.2) is 4.31 Å². The lowest BCUT2D eigenvalue weighted by atomic mass is 10.2. The van der Waals surface area contributed by atoms with Crippen molar-refractivity contribution in [2.75, 3.05) is 31.1 Å². The molecule has 1 aliphatic heterocycles. The standard InChI is InChI=1S/C26H29ClN4O2S/c27-21-12-10-20(11-13-21)19-34-30-16-14-29(15-17-30)24-18-28-31(22-6-2-1-3-7-22)26(32)25(24)33-23-8-4-5-9-23/h1-3,6-7,10-13,18,23H,4-5,8-9,14-17,19H2. The van der Waals surface area contributed by atoms with Gasteiger partial charge in [-0.2, -0.15) is 9.78 Å². The van der Waals surface area contributed by atoms with E-state index in [1.165, 1.54) is 10.2 Å². The second-order valence-electron chi connectivity index (χ2n) is 8.75. The van der Waals surface area contributed by atoms with E-state index in [-0.39, 0.29) is 11.7 Å². The molecule has 1 saturated heterocycles.